The minimum absolute atomic E-state index is 0.0662. The summed E-state index contributed by atoms with van der Waals surface area (Å²) in [5, 5.41) is 20.9. The molecule has 0 atom stereocenters. The normalized spacial score (nSPS) is 10.4. The smallest absolute Gasteiger partial charge is 0.322 e. The number of fused-ring (bicyclic) bond motifs is 1. The number of aromatic amines is 1. The number of hydrogen-bond donors (Lipinski definition) is 4. The maximum Gasteiger partial charge on any atom is 0.322 e. The van der Waals surface area contributed by atoms with Crippen LogP contribution in [0, 0.1) is 0 Å². The first kappa shape index (κ1) is 12.0. The lowest BCUT2D eigenvalue weighted by Crippen LogP contribution is -2.30. The molecule has 0 spiro atoms. The molecule has 1 amide bonds. The second-order valence-corrected chi connectivity index (χ2v) is 3.89. The summed E-state index contributed by atoms with van der Waals surface area (Å²) in [5.41, 5.74) is 1.53. The van der Waals surface area contributed by atoms with Crippen molar-refractivity contribution in [2.45, 2.75) is 6.42 Å². The fourth-order valence-corrected chi connectivity index (χ4v) is 1.72. The van der Waals surface area contributed by atoms with E-state index in [9.17, 15) is 14.7 Å². The van der Waals surface area contributed by atoms with Gasteiger partial charge in [-0.05, 0) is 23.8 Å². The molecular weight excluding hydrogens is 236 g/mol. The number of amides is 1. The zero-order valence-electron chi connectivity index (χ0n) is 9.43. The van der Waals surface area contributed by atoms with E-state index in [1.54, 1.807) is 24.4 Å². The standard InChI is InChI=1S/C12H12N2O4/c15-8-1-2-10-9(4-8)7(5-13-10)3-11(16)14-6-12(17)18/h1-2,4-5,13,15H,3,6H2,(H,14,16)(H,17,18). The zero-order valence-corrected chi connectivity index (χ0v) is 9.43. The molecule has 1 aromatic heterocycles. The number of aromatic nitrogens is 1. The molecule has 0 aliphatic rings. The van der Waals surface area contributed by atoms with Crippen LogP contribution < -0.4 is 5.32 Å². The maximum atomic E-state index is 11.5. The van der Waals surface area contributed by atoms with Gasteiger partial charge < -0.3 is 20.5 Å². The Balaban J connectivity index is 2.14. The van der Waals surface area contributed by atoms with E-state index < -0.39 is 12.5 Å². The number of carbonyl (C=O) groups is 2. The van der Waals surface area contributed by atoms with Gasteiger partial charge in [-0.15, -0.1) is 0 Å². The van der Waals surface area contributed by atoms with Gasteiger partial charge in [0, 0.05) is 17.1 Å². The summed E-state index contributed by atoms with van der Waals surface area (Å²) in [6.45, 7) is -0.396. The molecule has 4 N–H and O–H groups in total. The van der Waals surface area contributed by atoms with E-state index in [0.29, 0.717) is 5.56 Å². The minimum atomic E-state index is -1.08. The largest absolute Gasteiger partial charge is 0.508 e. The number of H-pyrrole nitrogens is 1. The van der Waals surface area contributed by atoms with Gasteiger partial charge in [-0.3, -0.25) is 9.59 Å². The van der Waals surface area contributed by atoms with Crippen molar-refractivity contribution in [3.63, 3.8) is 0 Å². The van der Waals surface area contributed by atoms with Crippen molar-refractivity contribution in [3.05, 3.63) is 30.0 Å². The van der Waals surface area contributed by atoms with E-state index >= 15 is 0 Å². The number of hydrogen-bond acceptors (Lipinski definition) is 3. The monoisotopic (exact) mass is 248 g/mol. The number of rotatable bonds is 4. The Morgan fingerprint density at radius 1 is 1.33 bits per heavy atom. The highest BCUT2D eigenvalue weighted by molar-refractivity contribution is 5.90. The van der Waals surface area contributed by atoms with Crippen molar-refractivity contribution in [1.29, 1.82) is 0 Å². The first-order chi connectivity index (χ1) is 8.56. The summed E-state index contributed by atoms with van der Waals surface area (Å²) in [6.07, 6.45) is 1.74. The Labute approximate surface area is 102 Å². The number of carboxylic acid groups (broad SMARTS) is 1. The molecule has 0 aliphatic carbocycles. The SMILES string of the molecule is O=C(O)CNC(=O)Cc1c[nH]c2ccc(O)cc12. The molecule has 0 radical (unpaired) electrons. The van der Waals surface area contributed by atoms with Gasteiger partial charge in [0.15, 0.2) is 0 Å². The molecular formula is C12H12N2O4. The second-order valence-electron chi connectivity index (χ2n) is 3.89. The highest BCUT2D eigenvalue weighted by Crippen LogP contribution is 2.23. The third-order valence-corrected chi connectivity index (χ3v) is 2.54. The van der Waals surface area contributed by atoms with Crippen LogP contribution in [-0.4, -0.2) is 33.6 Å². The molecule has 0 aliphatic heterocycles. The number of phenolic OH excluding ortho intramolecular Hbond substituents is 1. The maximum absolute atomic E-state index is 11.5. The molecule has 0 saturated heterocycles. The van der Waals surface area contributed by atoms with Crippen LogP contribution in [0.4, 0.5) is 0 Å². The van der Waals surface area contributed by atoms with E-state index in [2.05, 4.69) is 10.3 Å². The zero-order chi connectivity index (χ0) is 13.1. The molecule has 1 aromatic carbocycles. The highest BCUT2D eigenvalue weighted by Gasteiger charge is 2.10. The molecule has 6 heteroatoms. The van der Waals surface area contributed by atoms with Crippen molar-refractivity contribution >= 4 is 22.8 Å². The summed E-state index contributed by atoms with van der Waals surface area (Å²) in [5.74, 6) is -1.34. The van der Waals surface area contributed by atoms with Gasteiger partial charge in [-0.1, -0.05) is 0 Å². The van der Waals surface area contributed by atoms with E-state index in [0.717, 1.165) is 10.9 Å². The van der Waals surface area contributed by atoms with Crippen molar-refractivity contribution < 1.29 is 19.8 Å². The van der Waals surface area contributed by atoms with Crippen LogP contribution in [0.25, 0.3) is 10.9 Å². The Bertz CT molecular complexity index is 603. The van der Waals surface area contributed by atoms with Crippen LogP contribution in [0.5, 0.6) is 5.75 Å². The predicted octanol–water partition coefficient (Wildman–Crippen LogP) is 0.617. The van der Waals surface area contributed by atoms with Crippen LogP contribution in [0.3, 0.4) is 0 Å². The topological polar surface area (TPSA) is 102 Å². The number of phenols is 1. The number of aromatic hydroxyl groups is 1. The van der Waals surface area contributed by atoms with Crippen LogP contribution in [-0.2, 0) is 16.0 Å². The molecule has 0 fully saturated rings. The molecule has 0 saturated carbocycles. The van der Waals surface area contributed by atoms with Gasteiger partial charge in [0.2, 0.25) is 5.91 Å². The molecule has 0 unspecified atom stereocenters. The van der Waals surface area contributed by atoms with E-state index in [1.165, 1.54) is 0 Å². The molecule has 18 heavy (non-hydrogen) atoms. The minimum Gasteiger partial charge on any atom is -0.508 e. The molecule has 0 bridgehead atoms. The van der Waals surface area contributed by atoms with Gasteiger partial charge >= 0.3 is 5.97 Å². The van der Waals surface area contributed by atoms with Gasteiger partial charge in [0.05, 0.1) is 6.42 Å². The fraction of sp³-hybridized carbons (Fsp3) is 0.167. The van der Waals surface area contributed by atoms with Gasteiger partial charge in [0.1, 0.15) is 12.3 Å². The number of carboxylic acids is 1. The molecule has 6 nitrogen and oxygen atoms in total. The molecule has 2 aromatic rings. The Morgan fingerprint density at radius 3 is 2.83 bits per heavy atom. The number of carbonyl (C=O) groups excluding carboxylic acids is 1. The van der Waals surface area contributed by atoms with E-state index in [1.807, 2.05) is 0 Å². The quantitative estimate of drug-likeness (QED) is 0.636. The first-order valence-electron chi connectivity index (χ1n) is 5.34. The van der Waals surface area contributed by atoms with Crippen LogP contribution in [0.1, 0.15) is 5.56 Å². The lowest BCUT2D eigenvalue weighted by Gasteiger charge is -2.01. The van der Waals surface area contributed by atoms with Crippen molar-refractivity contribution in [2.24, 2.45) is 0 Å². The Kier molecular flexibility index (Phi) is 3.18. The predicted molar refractivity (Wildman–Crippen MR) is 64.3 cm³/mol. The lowest BCUT2D eigenvalue weighted by molar-refractivity contribution is -0.137. The Morgan fingerprint density at radius 2 is 2.11 bits per heavy atom. The van der Waals surface area contributed by atoms with E-state index in [4.69, 9.17) is 5.11 Å². The summed E-state index contributed by atoms with van der Waals surface area (Å²) in [6, 6.07) is 4.82. The average molecular weight is 248 g/mol. The summed E-state index contributed by atoms with van der Waals surface area (Å²) in [7, 11) is 0. The van der Waals surface area contributed by atoms with Crippen molar-refractivity contribution in [2.75, 3.05) is 6.54 Å². The van der Waals surface area contributed by atoms with Gasteiger partial charge in [-0.25, -0.2) is 0 Å². The molecule has 1 heterocycles. The van der Waals surface area contributed by atoms with E-state index in [-0.39, 0.29) is 18.1 Å². The van der Waals surface area contributed by atoms with Gasteiger partial charge in [0.25, 0.3) is 0 Å². The lowest BCUT2D eigenvalue weighted by atomic mass is 10.1. The summed E-state index contributed by atoms with van der Waals surface area (Å²) < 4.78 is 0. The highest BCUT2D eigenvalue weighted by atomic mass is 16.4. The summed E-state index contributed by atoms with van der Waals surface area (Å²) in [4.78, 5) is 24.8. The van der Waals surface area contributed by atoms with Crippen molar-refractivity contribution in [1.82, 2.24) is 10.3 Å². The number of aliphatic carboxylic acids is 1. The number of nitrogens with one attached hydrogen (secondary N) is 2. The summed E-state index contributed by atoms with van der Waals surface area (Å²) >= 11 is 0. The molecule has 94 valence electrons. The van der Waals surface area contributed by atoms with Crippen molar-refractivity contribution in [3.8, 4) is 5.75 Å². The fourth-order valence-electron chi connectivity index (χ4n) is 1.72. The number of benzene rings is 1. The second kappa shape index (κ2) is 4.79. The third kappa shape index (κ3) is 2.60. The first-order valence-corrected chi connectivity index (χ1v) is 5.34. The molecule has 2 rings (SSSR count). The van der Waals surface area contributed by atoms with Gasteiger partial charge in [-0.2, -0.15) is 0 Å². The third-order valence-electron chi connectivity index (χ3n) is 2.54. The van der Waals surface area contributed by atoms with Crippen LogP contribution in [0.15, 0.2) is 24.4 Å². The average Bonchev–Trinajstić information content (AvgIpc) is 2.69. The van der Waals surface area contributed by atoms with Crippen LogP contribution in [0.2, 0.25) is 0 Å². The van der Waals surface area contributed by atoms with Crippen LogP contribution >= 0.6 is 0 Å². The Hall–Kier alpha value is -2.50.